The second-order valence-electron chi connectivity index (χ2n) is 8.76. The van der Waals surface area contributed by atoms with Crippen LogP contribution in [-0.4, -0.2) is 54.5 Å². The van der Waals surface area contributed by atoms with Crippen molar-refractivity contribution in [3.8, 4) is 11.3 Å². The number of nitrogens with one attached hydrogen (secondary N) is 1. The second kappa shape index (κ2) is 9.57. The molecule has 4 heterocycles. The van der Waals surface area contributed by atoms with Gasteiger partial charge in [-0.25, -0.2) is 19.6 Å². The zero-order chi connectivity index (χ0) is 25.2. The Morgan fingerprint density at radius 2 is 1.86 bits per heavy atom. The summed E-state index contributed by atoms with van der Waals surface area (Å²) in [6.45, 7) is 6.75. The van der Waals surface area contributed by atoms with Gasteiger partial charge in [-0.15, -0.1) is 0 Å². The molecule has 182 valence electrons. The van der Waals surface area contributed by atoms with Crippen molar-refractivity contribution in [1.82, 2.24) is 29.6 Å². The van der Waals surface area contributed by atoms with Gasteiger partial charge in [0.1, 0.15) is 23.7 Å². The highest BCUT2D eigenvalue weighted by atomic mass is 16.2. The van der Waals surface area contributed by atoms with E-state index in [2.05, 4.69) is 26.8 Å². The fraction of sp³-hybridized carbons (Fsp3) is 0.231. The first kappa shape index (κ1) is 23.2. The Labute approximate surface area is 207 Å². The summed E-state index contributed by atoms with van der Waals surface area (Å²) >= 11 is 0. The number of hydrogen-bond donors (Lipinski definition) is 2. The average molecular weight is 483 g/mol. The Morgan fingerprint density at radius 3 is 2.56 bits per heavy atom. The molecule has 0 radical (unpaired) electrons. The Kier molecular flexibility index (Phi) is 6.16. The van der Waals surface area contributed by atoms with Crippen molar-refractivity contribution in [2.24, 2.45) is 0 Å². The minimum Gasteiger partial charge on any atom is -0.383 e. The first-order valence-electron chi connectivity index (χ1n) is 11.7. The molecule has 10 heteroatoms. The Balaban J connectivity index is 1.42. The third-order valence-electron chi connectivity index (χ3n) is 6.39. The third-order valence-corrected chi connectivity index (χ3v) is 6.39. The van der Waals surface area contributed by atoms with Crippen LogP contribution < -0.4 is 11.1 Å². The van der Waals surface area contributed by atoms with Gasteiger partial charge in [0.15, 0.2) is 5.65 Å². The predicted molar refractivity (Wildman–Crippen MR) is 137 cm³/mol. The minimum atomic E-state index is -0.251. The number of carbonyl (C=O) groups excluding carboxylic acids is 2. The number of anilines is 2. The molecule has 0 spiro atoms. The van der Waals surface area contributed by atoms with Gasteiger partial charge in [-0.2, -0.15) is 5.10 Å². The van der Waals surface area contributed by atoms with Crippen LogP contribution in [0.2, 0.25) is 0 Å². The summed E-state index contributed by atoms with van der Waals surface area (Å²) < 4.78 is 1.89. The van der Waals surface area contributed by atoms with E-state index in [-0.39, 0.29) is 17.9 Å². The number of fused-ring (bicyclic) bond motifs is 1. The fourth-order valence-electron chi connectivity index (χ4n) is 4.48. The van der Waals surface area contributed by atoms with Crippen molar-refractivity contribution < 1.29 is 9.59 Å². The van der Waals surface area contributed by atoms with E-state index in [0.29, 0.717) is 47.0 Å². The number of aryl methyl sites for hydroxylation is 1. The van der Waals surface area contributed by atoms with Crippen molar-refractivity contribution >= 4 is 34.5 Å². The standard InChI is InChI=1S/C26H26N8O2/c1-3-21(35)33-12-9-19(10-13-33)34-25-22(24(27)29-15-30-25)23(32-34)17-4-6-18(7-5-17)26(36)31-20-14-16(2)8-11-28-20/h3-8,11,14-15,19H,1,9-10,12-13H2,2H3,(H2,27,29,30)(H,28,31,36). The number of likely N-dealkylation sites (tertiary alicyclic amines) is 1. The molecule has 3 aromatic heterocycles. The number of nitrogens with zero attached hydrogens (tertiary/aromatic N) is 6. The Hall–Kier alpha value is -4.60. The van der Waals surface area contributed by atoms with E-state index >= 15 is 0 Å². The summed E-state index contributed by atoms with van der Waals surface area (Å²) in [5, 5.41) is 8.37. The number of carbonyl (C=O) groups is 2. The van der Waals surface area contributed by atoms with Crippen LogP contribution in [0.15, 0.2) is 61.6 Å². The van der Waals surface area contributed by atoms with Crippen LogP contribution in [-0.2, 0) is 4.79 Å². The number of hydrogen-bond acceptors (Lipinski definition) is 7. The maximum Gasteiger partial charge on any atom is 0.256 e. The van der Waals surface area contributed by atoms with E-state index in [9.17, 15) is 9.59 Å². The molecular weight excluding hydrogens is 456 g/mol. The van der Waals surface area contributed by atoms with Crippen molar-refractivity contribution in [2.75, 3.05) is 24.1 Å². The number of piperidine rings is 1. The number of nitrogens with two attached hydrogens (primary N) is 1. The summed E-state index contributed by atoms with van der Waals surface area (Å²) in [5.74, 6) is 0.527. The van der Waals surface area contributed by atoms with Gasteiger partial charge in [-0.05, 0) is 55.7 Å². The molecule has 0 aliphatic carbocycles. The lowest BCUT2D eigenvalue weighted by molar-refractivity contribution is -0.127. The number of aromatic nitrogens is 5. The highest BCUT2D eigenvalue weighted by molar-refractivity contribution is 6.04. The maximum absolute atomic E-state index is 12.7. The zero-order valence-electron chi connectivity index (χ0n) is 19.9. The molecule has 1 aromatic carbocycles. The molecule has 0 unspecified atom stereocenters. The number of pyridine rings is 1. The molecule has 0 saturated carbocycles. The molecule has 1 aliphatic heterocycles. The number of amides is 2. The van der Waals surface area contributed by atoms with Gasteiger partial charge in [-0.1, -0.05) is 18.7 Å². The number of benzene rings is 1. The second-order valence-corrected chi connectivity index (χ2v) is 8.76. The largest absolute Gasteiger partial charge is 0.383 e. The first-order valence-corrected chi connectivity index (χ1v) is 11.7. The van der Waals surface area contributed by atoms with Crippen LogP contribution in [0.25, 0.3) is 22.3 Å². The normalized spacial score (nSPS) is 14.1. The van der Waals surface area contributed by atoms with Gasteiger partial charge in [0.05, 0.1) is 11.4 Å². The number of nitrogen functional groups attached to an aromatic ring is 1. The van der Waals surface area contributed by atoms with E-state index in [1.54, 1.807) is 23.2 Å². The molecule has 0 atom stereocenters. The smallest absolute Gasteiger partial charge is 0.256 e. The minimum absolute atomic E-state index is 0.0617. The summed E-state index contributed by atoms with van der Waals surface area (Å²) in [6, 6.07) is 10.9. The Morgan fingerprint density at radius 1 is 1.11 bits per heavy atom. The lowest BCUT2D eigenvalue weighted by Gasteiger charge is -2.31. The van der Waals surface area contributed by atoms with E-state index < -0.39 is 0 Å². The van der Waals surface area contributed by atoms with Crippen LogP contribution in [0.1, 0.15) is 34.8 Å². The third kappa shape index (κ3) is 4.40. The monoisotopic (exact) mass is 482 g/mol. The van der Waals surface area contributed by atoms with Gasteiger partial charge in [0.25, 0.3) is 5.91 Å². The lowest BCUT2D eigenvalue weighted by Crippen LogP contribution is -2.38. The van der Waals surface area contributed by atoms with Crippen molar-refractivity contribution in [2.45, 2.75) is 25.8 Å². The Bertz CT molecular complexity index is 1450. The molecule has 3 N–H and O–H groups in total. The van der Waals surface area contributed by atoms with Crippen LogP contribution in [0.5, 0.6) is 0 Å². The van der Waals surface area contributed by atoms with Crippen LogP contribution in [0.4, 0.5) is 11.6 Å². The van der Waals surface area contributed by atoms with Crippen molar-refractivity contribution in [3.05, 3.63) is 72.7 Å². The molecule has 5 rings (SSSR count). The van der Waals surface area contributed by atoms with E-state index in [1.165, 1.54) is 12.4 Å². The van der Waals surface area contributed by atoms with E-state index in [1.807, 2.05) is 35.9 Å². The topological polar surface area (TPSA) is 132 Å². The van der Waals surface area contributed by atoms with Gasteiger partial charge in [0, 0.05) is 30.4 Å². The number of rotatable bonds is 5. The lowest BCUT2D eigenvalue weighted by atomic mass is 10.0. The highest BCUT2D eigenvalue weighted by Crippen LogP contribution is 2.34. The molecule has 1 fully saturated rings. The SMILES string of the molecule is C=CC(=O)N1CCC(n2nc(-c3ccc(C(=O)Nc4cc(C)ccn4)cc3)c3c(N)ncnc32)CC1. The zero-order valence-corrected chi connectivity index (χ0v) is 19.9. The summed E-state index contributed by atoms with van der Waals surface area (Å²) in [6.07, 6.45) is 5.92. The molecule has 2 amide bonds. The summed E-state index contributed by atoms with van der Waals surface area (Å²) in [4.78, 5) is 39.3. The van der Waals surface area contributed by atoms with Crippen LogP contribution >= 0.6 is 0 Å². The fourth-order valence-corrected chi connectivity index (χ4v) is 4.48. The van der Waals surface area contributed by atoms with E-state index in [4.69, 9.17) is 10.8 Å². The van der Waals surface area contributed by atoms with E-state index in [0.717, 1.165) is 24.0 Å². The molecule has 0 bridgehead atoms. The van der Waals surface area contributed by atoms with Gasteiger partial charge >= 0.3 is 0 Å². The quantitative estimate of drug-likeness (QED) is 0.417. The highest BCUT2D eigenvalue weighted by Gasteiger charge is 2.27. The van der Waals surface area contributed by atoms with Gasteiger partial charge in [-0.3, -0.25) is 9.59 Å². The molecule has 1 aliphatic rings. The molecule has 10 nitrogen and oxygen atoms in total. The van der Waals surface area contributed by atoms with Gasteiger partial charge < -0.3 is 16.0 Å². The maximum atomic E-state index is 12.7. The van der Waals surface area contributed by atoms with Crippen molar-refractivity contribution in [3.63, 3.8) is 0 Å². The average Bonchev–Trinajstić information content (AvgIpc) is 3.29. The van der Waals surface area contributed by atoms with Crippen molar-refractivity contribution in [1.29, 1.82) is 0 Å². The predicted octanol–water partition coefficient (Wildman–Crippen LogP) is 3.38. The summed E-state index contributed by atoms with van der Waals surface area (Å²) in [7, 11) is 0. The molecule has 4 aromatic rings. The van der Waals surface area contributed by atoms with Gasteiger partial charge in [0.2, 0.25) is 5.91 Å². The first-order chi connectivity index (χ1) is 17.4. The summed E-state index contributed by atoms with van der Waals surface area (Å²) in [5.41, 5.74) is 9.86. The van der Waals surface area contributed by atoms with Crippen LogP contribution in [0, 0.1) is 6.92 Å². The molecule has 1 saturated heterocycles. The molecule has 36 heavy (non-hydrogen) atoms. The van der Waals surface area contributed by atoms with Crippen LogP contribution in [0.3, 0.4) is 0 Å². The molecular formula is C26H26N8O2.